The summed E-state index contributed by atoms with van der Waals surface area (Å²) in [6.07, 6.45) is -4.65. The highest BCUT2D eigenvalue weighted by molar-refractivity contribution is 5.95. The van der Waals surface area contributed by atoms with Crippen LogP contribution in [0.1, 0.15) is 5.56 Å². The number of nitrogens with zero attached hydrogens (tertiary/aromatic N) is 2. The Morgan fingerprint density at radius 2 is 1.76 bits per heavy atom. The van der Waals surface area contributed by atoms with Crippen molar-refractivity contribution in [3.05, 3.63) is 64.2 Å². The van der Waals surface area contributed by atoms with Crippen LogP contribution in [0.2, 0.25) is 0 Å². The Hall–Kier alpha value is -3.63. The van der Waals surface area contributed by atoms with Gasteiger partial charge in [0, 0.05) is 13.1 Å². The van der Waals surface area contributed by atoms with E-state index in [2.05, 4.69) is 5.32 Å². The van der Waals surface area contributed by atoms with Gasteiger partial charge in [-0.2, -0.15) is 13.2 Å². The van der Waals surface area contributed by atoms with E-state index in [0.29, 0.717) is 0 Å². The molecule has 0 aliphatic carbocycles. The summed E-state index contributed by atoms with van der Waals surface area (Å²) in [4.78, 5) is 35.3. The lowest BCUT2D eigenvalue weighted by Gasteiger charge is -2.18. The Labute approximate surface area is 163 Å². The molecule has 0 aliphatic rings. The van der Waals surface area contributed by atoms with E-state index >= 15 is 0 Å². The monoisotopic (exact) mass is 411 g/mol. The van der Waals surface area contributed by atoms with Gasteiger partial charge in [0.1, 0.15) is 0 Å². The van der Waals surface area contributed by atoms with Gasteiger partial charge in [-0.05, 0) is 18.2 Å². The average molecular weight is 411 g/mol. The number of amides is 2. The molecule has 0 aliphatic heterocycles. The smallest absolute Gasteiger partial charge is 0.418 e. The number of anilines is 1. The highest BCUT2D eigenvalue weighted by Gasteiger charge is 2.33. The molecule has 0 aromatic heterocycles. The lowest BCUT2D eigenvalue weighted by molar-refractivity contribution is -0.385. The molecule has 0 radical (unpaired) electrons. The molecule has 0 atom stereocenters. The van der Waals surface area contributed by atoms with Gasteiger partial charge in [0.15, 0.2) is 12.4 Å². The molecule has 2 amide bonds. The van der Waals surface area contributed by atoms with E-state index in [0.717, 1.165) is 17.0 Å². The van der Waals surface area contributed by atoms with Crippen molar-refractivity contribution < 1.29 is 32.4 Å². The molecule has 0 fully saturated rings. The Morgan fingerprint density at radius 1 is 1.14 bits per heavy atom. The van der Waals surface area contributed by atoms with Crippen LogP contribution in [0.25, 0.3) is 0 Å². The van der Waals surface area contributed by atoms with Crippen LogP contribution in [0, 0.1) is 10.1 Å². The normalized spacial score (nSPS) is 10.9. The zero-order chi connectivity index (χ0) is 21.6. The highest BCUT2D eigenvalue weighted by Crippen LogP contribution is 2.34. The molecular formula is C18H16F3N3O5. The average Bonchev–Trinajstić information content (AvgIpc) is 2.65. The topological polar surface area (TPSA) is 102 Å². The SMILES string of the molecule is CN(CC(=O)Nc1ccccc1C(F)(F)F)C(=O)COc1ccccc1[N+](=O)[O-]. The van der Waals surface area contributed by atoms with Crippen LogP contribution in [-0.2, 0) is 15.8 Å². The molecule has 2 aromatic carbocycles. The lowest BCUT2D eigenvalue weighted by atomic mass is 10.1. The van der Waals surface area contributed by atoms with Crippen molar-refractivity contribution in [3.8, 4) is 5.75 Å². The second-order valence-electron chi connectivity index (χ2n) is 5.85. The fourth-order valence-electron chi connectivity index (χ4n) is 2.31. The van der Waals surface area contributed by atoms with Gasteiger partial charge in [0.2, 0.25) is 5.91 Å². The number of hydrogen-bond donors (Lipinski definition) is 1. The number of likely N-dealkylation sites (N-methyl/N-ethyl adjacent to an activating group) is 1. The van der Waals surface area contributed by atoms with Crippen molar-refractivity contribution in [1.29, 1.82) is 0 Å². The number of rotatable bonds is 7. The number of carbonyl (C=O) groups excluding carboxylic acids is 2. The number of nitro groups is 1. The van der Waals surface area contributed by atoms with Crippen LogP contribution in [0.4, 0.5) is 24.5 Å². The maximum Gasteiger partial charge on any atom is 0.418 e. The van der Waals surface area contributed by atoms with Gasteiger partial charge in [0.25, 0.3) is 5.91 Å². The molecule has 8 nitrogen and oxygen atoms in total. The maximum absolute atomic E-state index is 13.0. The maximum atomic E-state index is 13.0. The van der Waals surface area contributed by atoms with E-state index in [1.165, 1.54) is 43.4 Å². The standard InChI is InChI=1S/C18H16F3N3O5/c1-23(17(26)11-29-15-9-5-4-8-14(15)24(27)28)10-16(25)22-13-7-3-2-6-12(13)18(19,20)21/h2-9H,10-11H2,1H3,(H,22,25). The predicted molar refractivity (Wildman–Crippen MR) is 96.3 cm³/mol. The molecule has 0 heterocycles. The number of halogens is 3. The van der Waals surface area contributed by atoms with Crippen molar-refractivity contribution in [1.82, 2.24) is 4.90 Å². The van der Waals surface area contributed by atoms with E-state index < -0.39 is 47.3 Å². The second kappa shape index (κ2) is 9.04. The Morgan fingerprint density at radius 3 is 2.41 bits per heavy atom. The number of ether oxygens (including phenoxy) is 1. The van der Waals surface area contributed by atoms with E-state index in [-0.39, 0.29) is 11.4 Å². The van der Waals surface area contributed by atoms with Gasteiger partial charge >= 0.3 is 11.9 Å². The van der Waals surface area contributed by atoms with Crippen LogP contribution in [0.3, 0.4) is 0 Å². The summed E-state index contributed by atoms with van der Waals surface area (Å²) in [6.45, 7) is -1.13. The zero-order valence-electron chi connectivity index (χ0n) is 15.1. The van der Waals surface area contributed by atoms with Crippen molar-refractivity contribution in [3.63, 3.8) is 0 Å². The van der Waals surface area contributed by atoms with Gasteiger partial charge in [0.05, 0.1) is 22.7 Å². The Bertz CT molecular complexity index is 918. The largest absolute Gasteiger partial charge is 0.477 e. The number of hydrogen-bond acceptors (Lipinski definition) is 5. The lowest BCUT2D eigenvalue weighted by Crippen LogP contribution is -2.37. The first-order chi connectivity index (χ1) is 13.6. The first kappa shape index (κ1) is 21.7. The molecule has 2 aromatic rings. The first-order valence-corrected chi connectivity index (χ1v) is 8.16. The summed E-state index contributed by atoms with van der Waals surface area (Å²) in [7, 11) is 1.25. The third kappa shape index (κ3) is 5.92. The minimum absolute atomic E-state index is 0.122. The molecule has 154 valence electrons. The first-order valence-electron chi connectivity index (χ1n) is 8.16. The summed E-state index contributed by atoms with van der Waals surface area (Å²) in [5.41, 5.74) is -1.77. The molecule has 0 saturated heterocycles. The summed E-state index contributed by atoms with van der Waals surface area (Å²) < 4.78 is 44.0. The number of carbonyl (C=O) groups is 2. The summed E-state index contributed by atoms with van der Waals surface area (Å²) in [5, 5.41) is 13.0. The molecule has 0 unspecified atom stereocenters. The highest BCUT2D eigenvalue weighted by atomic mass is 19.4. The molecule has 0 spiro atoms. The van der Waals surface area contributed by atoms with E-state index in [1.807, 2.05) is 0 Å². The fourth-order valence-corrected chi connectivity index (χ4v) is 2.31. The number of nitrogens with one attached hydrogen (secondary N) is 1. The van der Waals surface area contributed by atoms with Crippen LogP contribution in [0.15, 0.2) is 48.5 Å². The molecule has 0 saturated carbocycles. The van der Waals surface area contributed by atoms with E-state index in [4.69, 9.17) is 4.74 Å². The van der Waals surface area contributed by atoms with Gasteiger partial charge in [-0.25, -0.2) is 0 Å². The third-order valence-corrected chi connectivity index (χ3v) is 3.73. The Kier molecular flexibility index (Phi) is 6.75. The molecule has 29 heavy (non-hydrogen) atoms. The quantitative estimate of drug-likeness (QED) is 0.557. The summed E-state index contributed by atoms with van der Waals surface area (Å²) >= 11 is 0. The minimum atomic E-state index is -4.65. The van der Waals surface area contributed by atoms with Gasteiger partial charge in [-0.15, -0.1) is 0 Å². The van der Waals surface area contributed by atoms with Gasteiger partial charge in [-0.1, -0.05) is 24.3 Å². The molecule has 0 bridgehead atoms. The van der Waals surface area contributed by atoms with Crippen LogP contribution in [-0.4, -0.2) is 41.8 Å². The van der Waals surface area contributed by atoms with Gasteiger partial charge in [-0.3, -0.25) is 19.7 Å². The molecular weight excluding hydrogens is 395 g/mol. The predicted octanol–water partition coefficient (Wildman–Crippen LogP) is 3.09. The van der Waals surface area contributed by atoms with Gasteiger partial charge < -0.3 is 15.0 Å². The second-order valence-corrected chi connectivity index (χ2v) is 5.85. The van der Waals surface area contributed by atoms with E-state index in [1.54, 1.807) is 0 Å². The van der Waals surface area contributed by atoms with Crippen molar-refractivity contribution >= 4 is 23.2 Å². The number of para-hydroxylation sites is 3. The number of nitro benzene ring substituents is 1. The zero-order valence-corrected chi connectivity index (χ0v) is 15.1. The minimum Gasteiger partial charge on any atom is -0.477 e. The summed E-state index contributed by atoms with van der Waals surface area (Å²) in [5.74, 6) is -1.66. The molecule has 11 heteroatoms. The van der Waals surface area contributed by atoms with Crippen molar-refractivity contribution in [2.45, 2.75) is 6.18 Å². The molecule has 2 rings (SSSR count). The van der Waals surface area contributed by atoms with Crippen LogP contribution in [0.5, 0.6) is 5.75 Å². The number of benzene rings is 2. The fraction of sp³-hybridized carbons (Fsp3) is 0.222. The van der Waals surface area contributed by atoms with Crippen molar-refractivity contribution in [2.75, 3.05) is 25.5 Å². The van der Waals surface area contributed by atoms with E-state index in [9.17, 15) is 32.9 Å². The van der Waals surface area contributed by atoms with Crippen molar-refractivity contribution in [2.24, 2.45) is 0 Å². The Balaban J connectivity index is 1.95. The third-order valence-electron chi connectivity index (χ3n) is 3.73. The number of alkyl halides is 3. The van der Waals surface area contributed by atoms with Crippen LogP contribution < -0.4 is 10.1 Å². The summed E-state index contributed by atoms with van der Waals surface area (Å²) in [6, 6.07) is 9.88. The molecule has 1 N–H and O–H groups in total. The van der Waals surface area contributed by atoms with Crippen LogP contribution >= 0.6 is 0 Å².